The molecule has 1 aromatic carbocycles. The second-order valence-electron chi connectivity index (χ2n) is 4.66. The van der Waals surface area contributed by atoms with Crippen LogP contribution < -0.4 is 0 Å². The van der Waals surface area contributed by atoms with Gasteiger partial charge < -0.3 is 0 Å². The van der Waals surface area contributed by atoms with Gasteiger partial charge in [0.1, 0.15) is 0 Å². The summed E-state index contributed by atoms with van der Waals surface area (Å²) in [5.74, 6) is -0.319. The van der Waals surface area contributed by atoms with Crippen LogP contribution in [0, 0.1) is 10.1 Å². The number of hydrogen-bond acceptors (Lipinski definition) is 5. The van der Waals surface area contributed by atoms with Crippen molar-refractivity contribution in [2.75, 3.05) is 0 Å². The summed E-state index contributed by atoms with van der Waals surface area (Å²) >= 11 is 0.940. The summed E-state index contributed by atoms with van der Waals surface area (Å²) in [4.78, 5) is 35.3. The SMILES string of the molecule is CC1(C)SC(=O)N(Cc2ccccc2[N+](=O)[O-])C1=O. The molecule has 1 aliphatic rings. The highest BCUT2D eigenvalue weighted by Crippen LogP contribution is 2.38. The number of thioether (sulfide) groups is 1. The zero-order valence-electron chi connectivity index (χ0n) is 10.5. The van der Waals surface area contributed by atoms with Crippen molar-refractivity contribution in [3.63, 3.8) is 0 Å². The van der Waals surface area contributed by atoms with Gasteiger partial charge in [0, 0.05) is 11.6 Å². The zero-order valence-corrected chi connectivity index (χ0v) is 11.3. The van der Waals surface area contributed by atoms with E-state index in [1.807, 2.05) is 0 Å². The smallest absolute Gasteiger partial charge is 0.273 e. The average Bonchev–Trinajstić information content (AvgIpc) is 2.52. The third-order valence-electron chi connectivity index (χ3n) is 2.84. The van der Waals surface area contributed by atoms with E-state index >= 15 is 0 Å². The quantitative estimate of drug-likeness (QED) is 0.628. The number of benzene rings is 1. The van der Waals surface area contributed by atoms with Gasteiger partial charge in [0.15, 0.2) is 0 Å². The number of hydrogen-bond donors (Lipinski definition) is 0. The molecule has 0 atom stereocenters. The zero-order chi connectivity index (χ0) is 14.2. The fourth-order valence-electron chi connectivity index (χ4n) is 1.85. The maximum absolute atomic E-state index is 12.0. The van der Waals surface area contributed by atoms with Crippen LogP contribution in [0.25, 0.3) is 0 Å². The monoisotopic (exact) mass is 280 g/mol. The molecule has 6 nitrogen and oxygen atoms in total. The maximum Gasteiger partial charge on any atom is 0.289 e. The Bertz CT molecular complexity index is 571. The first-order chi connectivity index (χ1) is 8.83. The lowest BCUT2D eigenvalue weighted by atomic mass is 10.1. The summed E-state index contributed by atoms with van der Waals surface area (Å²) in [6, 6.07) is 6.10. The number of carbonyl (C=O) groups excluding carboxylic acids is 2. The lowest BCUT2D eigenvalue weighted by Gasteiger charge is -2.16. The Hall–Kier alpha value is -1.89. The Labute approximate surface area is 113 Å². The van der Waals surface area contributed by atoms with Gasteiger partial charge in [0.05, 0.1) is 16.2 Å². The van der Waals surface area contributed by atoms with E-state index in [9.17, 15) is 19.7 Å². The predicted molar refractivity (Wildman–Crippen MR) is 70.7 cm³/mol. The topological polar surface area (TPSA) is 80.5 Å². The van der Waals surface area contributed by atoms with Crippen LogP contribution in [-0.4, -0.2) is 25.7 Å². The van der Waals surface area contributed by atoms with Gasteiger partial charge in [-0.1, -0.05) is 18.2 Å². The summed E-state index contributed by atoms with van der Waals surface area (Å²) in [7, 11) is 0. The molecule has 2 amide bonds. The van der Waals surface area contributed by atoms with Crippen molar-refractivity contribution in [2.24, 2.45) is 0 Å². The van der Waals surface area contributed by atoms with Gasteiger partial charge >= 0.3 is 0 Å². The lowest BCUT2D eigenvalue weighted by Crippen LogP contribution is -2.35. The lowest BCUT2D eigenvalue weighted by molar-refractivity contribution is -0.385. The molecule has 1 aliphatic heterocycles. The molecule has 0 aromatic heterocycles. The van der Waals surface area contributed by atoms with E-state index in [-0.39, 0.29) is 23.4 Å². The van der Waals surface area contributed by atoms with Gasteiger partial charge in [-0.2, -0.15) is 0 Å². The van der Waals surface area contributed by atoms with Crippen molar-refractivity contribution in [1.82, 2.24) is 4.90 Å². The molecular weight excluding hydrogens is 268 g/mol. The summed E-state index contributed by atoms with van der Waals surface area (Å²) in [6.07, 6.45) is 0. The molecule has 0 spiro atoms. The summed E-state index contributed by atoms with van der Waals surface area (Å²) < 4.78 is -0.805. The minimum atomic E-state index is -0.805. The molecule has 0 radical (unpaired) electrons. The number of para-hydroxylation sites is 1. The molecule has 19 heavy (non-hydrogen) atoms. The Kier molecular flexibility index (Phi) is 3.32. The Morgan fingerprint density at radius 2 is 1.95 bits per heavy atom. The number of nitro groups is 1. The highest BCUT2D eigenvalue weighted by atomic mass is 32.2. The van der Waals surface area contributed by atoms with E-state index in [1.54, 1.807) is 32.0 Å². The Morgan fingerprint density at radius 1 is 1.32 bits per heavy atom. The minimum Gasteiger partial charge on any atom is -0.273 e. The minimum absolute atomic E-state index is 0.0642. The van der Waals surface area contributed by atoms with E-state index in [0.717, 1.165) is 16.7 Å². The van der Waals surface area contributed by atoms with Crippen molar-refractivity contribution in [2.45, 2.75) is 25.1 Å². The van der Waals surface area contributed by atoms with Crippen LogP contribution in [0.4, 0.5) is 10.5 Å². The van der Waals surface area contributed by atoms with Crippen molar-refractivity contribution >= 4 is 28.6 Å². The highest BCUT2D eigenvalue weighted by Gasteiger charge is 2.46. The van der Waals surface area contributed by atoms with Gasteiger partial charge in [-0.25, -0.2) is 0 Å². The summed E-state index contributed by atoms with van der Waals surface area (Å²) in [5, 5.41) is 10.5. The van der Waals surface area contributed by atoms with Gasteiger partial charge in [-0.3, -0.25) is 24.6 Å². The molecule has 100 valence electrons. The number of imide groups is 1. The van der Waals surface area contributed by atoms with Crippen LogP contribution in [-0.2, 0) is 11.3 Å². The molecule has 1 fully saturated rings. The van der Waals surface area contributed by atoms with E-state index in [0.29, 0.717) is 5.56 Å². The fourth-order valence-corrected chi connectivity index (χ4v) is 2.75. The number of rotatable bonds is 3. The normalized spacial score (nSPS) is 17.9. The molecule has 0 unspecified atom stereocenters. The Balaban J connectivity index is 2.30. The molecule has 0 aliphatic carbocycles. The summed E-state index contributed by atoms with van der Waals surface area (Å²) in [5.41, 5.74) is 0.269. The van der Waals surface area contributed by atoms with Crippen molar-refractivity contribution in [3.8, 4) is 0 Å². The first-order valence-corrected chi connectivity index (χ1v) is 6.42. The number of amides is 2. The maximum atomic E-state index is 12.0. The van der Waals surface area contributed by atoms with Crippen LogP contribution in [0.2, 0.25) is 0 Å². The van der Waals surface area contributed by atoms with E-state index in [2.05, 4.69) is 0 Å². The van der Waals surface area contributed by atoms with E-state index < -0.39 is 9.67 Å². The van der Waals surface area contributed by atoms with Crippen LogP contribution >= 0.6 is 11.8 Å². The largest absolute Gasteiger partial charge is 0.289 e. The average molecular weight is 280 g/mol. The number of nitrogens with zero attached hydrogens (tertiary/aromatic N) is 2. The highest BCUT2D eigenvalue weighted by molar-refractivity contribution is 8.16. The molecule has 0 N–H and O–H groups in total. The number of carbonyl (C=O) groups is 2. The second-order valence-corrected chi connectivity index (χ2v) is 6.23. The van der Waals surface area contributed by atoms with Crippen molar-refractivity contribution < 1.29 is 14.5 Å². The number of nitro benzene ring substituents is 1. The molecular formula is C12H12N2O4S. The van der Waals surface area contributed by atoms with Gasteiger partial charge in [-0.15, -0.1) is 0 Å². The van der Waals surface area contributed by atoms with Crippen molar-refractivity contribution in [1.29, 1.82) is 0 Å². The molecule has 0 saturated carbocycles. The van der Waals surface area contributed by atoms with Crippen LogP contribution in [0.1, 0.15) is 19.4 Å². The van der Waals surface area contributed by atoms with Crippen LogP contribution in [0.5, 0.6) is 0 Å². The second kappa shape index (κ2) is 4.65. The third-order valence-corrected chi connectivity index (χ3v) is 3.92. The van der Waals surface area contributed by atoms with Crippen LogP contribution in [0.3, 0.4) is 0 Å². The first kappa shape index (κ1) is 13.5. The fraction of sp³-hybridized carbons (Fsp3) is 0.333. The van der Waals surface area contributed by atoms with Gasteiger partial charge in [-0.05, 0) is 25.6 Å². The molecule has 1 aromatic rings. The molecule has 7 heteroatoms. The third kappa shape index (κ3) is 2.46. The standard InChI is InChI=1S/C12H12N2O4S/c1-12(2)10(15)13(11(16)19-12)7-8-5-3-4-6-9(8)14(17)18/h3-6H,7H2,1-2H3. The molecule has 2 rings (SSSR count). The predicted octanol–water partition coefficient (Wildman–Crippen LogP) is 2.57. The molecule has 1 saturated heterocycles. The molecule has 1 heterocycles. The van der Waals surface area contributed by atoms with Gasteiger partial charge in [0.2, 0.25) is 5.91 Å². The van der Waals surface area contributed by atoms with Crippen molar-refractivity contribution in [3.05, 3.63) is 39.9 Å². The van der Waals surface area contributed by atoms with E-state index in [1.165, 1.54) is 6.07 Å². The summed E-state index contributed by atoms with van der Waals surface area (Å²) in [6.45, 7) is 3.26. The van der Waals surface area contributed by atoms with Gasteiger partial charge in [0.25, 0.3) is 10.9 Å². The Morgan fingerprint density at radius 3 is 2.47 bits per heavy atom. The molecule has 0 bridgehead atoms. The first-order valence-electron chi connectivity index (χ1n) is 5.60. The van der Waals surface area contributed by atoms with E-state index in [4.69, 9.17) is 0 Å². The van der Waals surface area contributed by atoms with Crippen LogP contribution in [0.15, 0.2) is 24.3 Å².